The predicted octanol–water partition coefficient (Wildman–Crippen LogP) is 3.65. The highest BCUT2D eigenvalue weighted by Gasteiger charge is 1.96. The Morgan fingerprint density at radius 2 is 2.27 bits per heavy atom. The number of alkyl halides is 1. The number of allylic oxidation sites excluding steroid dienone is 3. The van der Waals surface area contributed by atoms with E-state index < -0.39 is 6.17 Å². The summed E-state index contributed by atoms with van der Waals surface area (Å²) in [5.74, 6) is 0. The van der Waals surface area contributed by atoms with E-state index in [1.165, 1.54) is 11.6 Å². The summed E-state index contributed by atoms with van der Waals surface area (Å²) in [7, 11) is 0. The van der Waals surface area contributed by atoms with Crippen LogP contribution in [0.5, 0.6) is 0 Å². The quantitative estimate of drug-likeness (QED) is 0.533. The van der Waals surface area contributed by atoms with Crippen LogP contribution >= 0.6 is 0 Å². The Hall–Kier alpha value is -0.590. The summed E-state index contributed by atoms with van der Waals surface area (Å²) in [5, 5.41) is 0. The fraction of sp³-hybridized carbons (Fsp3) is 0.600. The van der Waals surface area contributed by atoms with Crippen LogP contribution in [-0.2, 0) is 0 Å². The molecule has 0 spiro atoms. The van der Waals surface area contributed by atoms with Gasteiger partial charge in [-0.25, -0.2) is 4.39 Å². The number of halogens is 1. The van der Waals surface area contributed by atoms with Crippen LogP contribution in [0.3, 0.4) is 0 Å². The Morgan fingerprint density at radius 3 is 2.73 bits per heavy atom. The van der Waals surface area contributed by atoms with Gasteiger partial charge in [0.15, 0.2) is 0 Å². The van der Waals surface area contributed by atoms with E-state index in [9.17, 15) is 4.39 Å². The van der Waals surface area contributed by atoms with Gasteiger partial charge in [-0.05, 0) is 13.3 Å². The molecule has 0 rings (SSSR count). The molecule has 1 atom stereocenters. The lowest BCUT2D eigenvalue weighted by atomic mass is 10.1. The first kappa shape index (κ1) is 10.4. The van der Waals surface area contributed by atoms with Crippen molar-refractivity contribution in [3.8, 4) is 0 Å². The van der Waals surface area contributed by atoms with Crippen LogP contribution in [-0.4, -0.2) is 6.17 Å². The maximum atomic E-state index is 12.6. The lowest BCUT2D eigenvalue weighted by molar-refractivity contribution is 0.403. The maximum absolute atomic E-state index is 12.6. The second-order valence-corrected chi connectivity index (χ2v) is 2.79. The largest absolute Gasteiger partial charge is 0.243 e. The molecule has 0 aromatic carbocycles. The molecule has 1 heteroatoms. The first-order valence-corrected chi connectivity index (χ1v) is 4.13. The Bertz CT molecular complexity index is 136. The van der Waals surface area contributed by atoms with Gasteiger partial charge in [0, 0.05) is 6.42 Å². The molecule has 0 nitrogen and oxygen atoms in total. The smallest absolute Gasteiger partial charge is 0.121 e. The van der Waals surface area contributed by atoms with E-state index in [4.69, 9.17) is 0 Å². The van der Waals surface area contributed by atoms with E-state index in [1.807, 2.05) is 13.0 Å². The monoisotopic (exact) mass is 156 g/mol. The van der Waals surface area contributed by atoms with E-state index in [0.29, 0.717) is 6.42 Å². The molecule has 0 saturated heterocycles. The summed E-state index contributed by atoms with van der Waals surface area (Å²) < 4.78 is 12.6. The molecule has 0 radical (unpaired) electrons. The normalized spacial score (nSPS) is 14.6. The summed E-state index contributed by atoms with van der Waals surface area (Å²) in [6.45, 7) is 7.54. The molecule has 0 bridgehead atoms. The Kier molecular flexibility index (Phi) is 5.81. The van der Waals surface area contributed by atoms with Gasteiger partial charge < -0.3 is 0 Å². The van der Waals surface area contributed by atoms with Crippen LogP contribution in [0.1, 0.15) is 33.1 Å². The molecule has 0 aromatic heterocycles. The zero-order chi connectivity index (χ0) is 8.69. The second-order valence-electron chi connectivity index (χ2n) is 2.79. The van der Waals surface area contributed by atoms with Crippen LogP contribution in [0.2, 0.25) is 0 Å². The third-order valence-electron chi connectivity index (χ3n) is 1.59. The van der Waals surface area contributed by atoms with Crippen LogP contribution in [0.15, 0.2) is 24.3 Å². The van der Waals surface area contributed by atoms with Gasteiger partial charge in [-0.15, -0.1) is 6.58 Å². The molecule has 0 saturated carbocycles. The molecule has 0 heterocycles. The molecule has 11 heavy (non-hydrogen) atoms. The third kappa shape index (κ3) is 5.84. The van der Waals surface area contributed by atoms with Crippen molar-refractivity contribution in [3.63, 3.8) is 0 Å². The van der Waals surface area contributed by atoms with Crippen molar-refractivity contribution in [2.45, 2.75) is 39.3 Å². The summed E-state index contributed by atoms with van der Waals surface area (Å²) >= 11 is 0. The highest BCUT2D eigenvalue weighted by Crippen LogP contribution is 2.07. The maximum Gasteiger partial charge on any atom is 0.121 e. The summed E-state index contributed by atoms with van der Waals surface area (Å²) in [6, 6.07) is 0. The standard InChI is InChI=1S/C10H17F/c1-4-6-9(3)7-8-10(11)5-2/h5,7,10H,2,4,6,8H2,1,3H3/b9-7+. The minimum Gasteiger partial charge on any atom is -0.243 e. The lowest BCUT2D eigenvalue weighted by Gasteiger charge is -1.99. The molecule has 0 aliphatic rings. The van der Waals surface area contributed by atoms with Gasteiger partial charge in [0.2, 0.25) is 0 Å². The molecule has 0 N–H and O–H groups in total. The predicted molar refractivity (Wildman–Crippen MR) is 48.4 cm³/mol. The minimum absolute atomic E-state index is 0.481. The molecule has 64 valence electrons. The lowest BCUT2D eigenvalue weighted by Crippen LogP contribution is -1.91. The van der Waals surface area contributed by atoms with Crippen molar-refractivity contribution >= 4 is 0 Å². The molecular weight excluding hydrogens is 139 g/mol. The van der Waals surface area contributed by atoms with Gasteiger partial charge in [0.25, 0.3) is 0 Å². The van der Waals surface area contributed by atoms with Gasteiger partial charge in [-0.2, -0.15) is 0 Å². The fourth-order valence-corrected chi connectivity index (χ4v) is 0.906. The van der Waals surface area contributed by atoms with Gasteiger partial charge in [0.05, 0.1) is 0 Å². The van der Waals surface area contributed by atoms with E-state index >= 15 is 0 Å². The molecule has 0 amide bonds. The molecular formula is C10H17F. The van der Waals surface area contributed by atoms with Crippen molar-refractivity contribution in [1.29, 1.82) is 0 Å². The van der Waals surface area contributed by atoms with Gasteiger partial charge in [0.1, 0.15) is 6.17 Å². The molecule has 0 aromatic rings. The van der Waals surface area contributed by atoms with E-state index in [2.05, 4.69) is 13.5 Å². The molecule has 0 aliphatic carbocycles. The van der Waals surface area contributed by atoms with Crippen molar-refractivity contribution < 1.29 is 4.39 Å². The first-order chi connectivity index (χ1) is 5.20. The van der Waals surface area contributed by atoms with Crippen molar-refractivity contribution in [2.24, 2.45) is 0 Å². The van der Waals surface area contributed by atoms with Crippen LogP contribution in [0.25, 0.3) is 0 Å². The number of hydrogen-bond donors (Lipinski definition) is 0. The third-order valence-corrected chi connectivity index (χ3v) is 1.59. The SMILES string of the molecule is C=CC(F)C/C=C(\C)CCC. The van der Waals surface area contributed by atoms with Gasteiger partial charge in [-0.3, -0.25) is 0 Å². The average Bonchev–Trinajstić information content (AvgIpc) is 2.01. The van der Waals surface area contributed by atoms with Crippen LogP contribution < -0.4 is 0 Å². The Morgan fingerprint density at radius 1 is 1.64 bits per heavy atom. The Labute approximate surface area is 68.8 Å². The van der Waals surface area contributed by atoms with Crippen LogP contribution in [0.4, 0.5) is 4.39 Å². The van der Waals surface area contributed by atoms with Crippen molar-refractivity contribution in [2.75, 3.05) is 0 Å². The van der Waals surface area contributed by atoms with Crippen molar-refractivity contribution in [1.82, 2.24) is 0 Å². The van der Waals surface area contributed by atoms with E-state index in [0.717, 1.165) is 12.8 Å². The summed E-state index contributed by atoms with van der Waals surface area (Å²) in [4.78, 5) is 0. The number of hydrogen-bond acceptors (Lipinski definition) is 0. The molecule has 0 fully saturated rings. The van der Waals surface area contributed by atoms with Gasteiger partial charge in [-0.1, -0.05) is 31.1 Å². The summed E-state index contributed by atoms with van der Waals surface area (Å²) in [6.07, 6.45) is 5.11. The first-order valence-electron chi connectivity index (χ1n) is 4.13. The average molecular weight is 156 g/mol. The van der Waals surface area contributed by atoms with E-state index in [1.54, 1.807) is 0 Å². The highest BCUT2D eigenvalue weighted by molar-refractivity contribution is 5.00. The zero-order valence-electron chi connectivity index (χ0n) is 7.44. The fourth-order valence-electron chi connectivity index (χ4n) is 0.906. The Balaban J connectivity index is 3.62. The van der Waals surface area contributed by atoms with Crippen molar-refractivity contribution in [3.05, 3.63) is 24.3 Å². The van der Waals surface area contributed by atoms with Gasteiger partial charge >= 0.3 is 0 Å². The highest BCUT2D eigenvalue weighted by atomic mass is 19.1. The molecule has 0 aliphatic heterocycles. The van der Waals surface area contributed by atoms with E-state index in [-0.39, 0.29) is 0 Å². The minimum atomic E-state index is -0.873. The summed E-state index contributed by atoms with van der Waals surface area (Å²) in [5.41, 5.74) is 1.28. The topological polar surface area (TPSA) is 0 Å². The van der Waals surface area contributed by atoms with Crippen LogP contribution in [0, 0.1) is 0 Å². The molecule has 1 unspecified atom stereocenters. The number of rotatable bonds is 5. The zero-order valence-corrected chi connectivity index (χ0v) is 7.44. The second kappa shape index (κ2) is 6.14.